The van der Waals surface area contributed by atoms with Crippen LogP contribution in [-0.4, -0.2) is 27.6 Å². The molecular weight excluding hydrogens is 431 g/mol. The Hall–Kier alpha value is -2.29. The van der Waals surface area contributed by atoms with Crippen LogP contribution in [-0.2, 0) is 11.8 Å². The third-order valence-corrected chi connectivity index (χ3v) is 3.67. The summed E-state index contributed by atoms with van der Waals surface area (Å²) in [6.07, 6.45) is 3.83. The summed E-state index contributed by atoms with van der Waals surface area (Å²) < 4.78 is 8.71. The highest BCUT2D eigenvalue weighted by Crippen LogP contribution is 2.25. The minimum absolute atomic E-state index is 0. The van der Waals surface area contributed by atoms with E-state index in [1.54, 1.807) is 11.6 Å². The van der Waals surface area contributed by atoms with Gasteiger partial charge in [-0.2, -0.15) is 0 Å². The van der Waals surface area contributed by atoms with Gasteiger partial charge in [0.1, 0.15) is 12.7 Å². The van der Waals surface area contributed by atoms with Crippen molar-refractivity contribution < 1.29 is 38.1 Å². The molecule has 25 heavy (non-hydrogen) atoms. The molecule has 0 unspecified atom stereocenters. The van der Waals surface area contributed by atoms with Gasteiger partial charge in [0, 0.05) is 17.7 Å². The molecule has 0 saturated heterocycles. The fourth-order valence-electron chi connectivity index (χ4n) is 2.40. The molecule has 3 rings (SSSR count). The Bertz CT molecular complexity index is 858. The zero-order valence-electron chi connectivity index (χ0n) is 14.3. The molecule has 6 nitrogen and oxygen atoms in total. The molecule has 0 saturated carbocycles. The first-order valence-corrected chi connectivity index (χ1v) is 7.75. The Labute approximate surface area is 163 Å². The van der Waals surface area contributed by atoms with Crippen LogP contribution in [0.5, 0.6) is 0 Å². The summed E-state index contributed by atoms with van der Waals surface area (Å²) in [5.41, 5.74) is 3.68. The van der Waals surface area contributed by atoms with Crippen LogP contribution in [0.3, 0.4) is 0 Å². The highest BCUT2D eigenvalue weighted by molar-refractivity contribution is 5.94. The number of carbonyl (C=O) groups excluding carboxylic acids is 1. The maximum atomic E-state index is 12.3. The van der Waals surface area contributed by atoms with Crippen molar-refractivity contribution in [3.05, 3.63) is 60.0 Å². The zero-order chi connectivity index (χ0) is 17.1. The second-order valence-corrected chi connectivity index (χ2v) is 5.51. The first-order valence-electron chi connectivity index (χ1n) is 7.75. The van der Waals surface area contributed by atoms with Gasteiger partial charge in [-0.05, 0) is 26.0 Å². The van der Waals surface area contributed by atoms with Crippen molar-refractivity contribution in [1.29, 1.82) is 0 Å². The molecule has 0 aliphatic rings. The number of ether oxygens (including phenoxy) is 1. The minimum Gasteiger partial charge on any atom is -1.00 e. The lowest BCUT2D eigenvalue weighted by molar-refractivity contribution is -0.671. The number of nitrogens with zero attached hydrogens (tertiary/aromatic N) is 4. The number of halogens is 1. The summed E-state index contributed by atoms with van der Waals surface area (Å²) in [7, 11) is 1.94. The van der Waals surface area contributed by atoms with Crippen LogP contribution >= 0.6 is 0 Å². The van der Waals surface area contributed by atoms with E-state index in [4.69, 9.17) is 4.74 Å². The molecule has 0 spiro atoms. The average molecular weight is 450 g/mol. The maximum Gasteiger partial charge on any atom is 0.361 e. The smallest absolute Gasteiger partial charge is 0.361 e. The van der Waals surface area contributed by atoms with E-state index in [0.717, 1.165) is 16.8 Å². The van der Waals surface area contributed by atoms with Gasteiger partial charge in [-0.3, -0.25) is 0 Å². The maximum absolute atomic E-state index is 12.3. The van der Waals surface area contributed by atoms with E-state index < -0.39 is 5.97 Å². The summed E-state index contributed by atoms with van der Waals surface area (Å²) in [5, 5.41) is 8.24. The molecule has 0 bridgehead atoms. The largest absolute Gasteiger partial charge is 1.00 e. The van der Waals surface area contributed by atoms with Crippen molar-refractivity contribution >= 4 is 5.97 Å². The third kappa shape index (κ3) is 4.04. The Morgan fingerprint density at radius 2 is 1.80 bits per heavy atom. The summed E-state index contributed by atoms with van der Waals surface area (Å²) in [6, 6.07) is 11.7. The number of esters is 1. The lowest BCUT2D eigenvalue weighted by atomic mass is 10.1. The summed E-state index contributed by atoms with van der Waals surface area (Å²) in [5.74, 6) is -0.473. The Balaban J connectivity index is 0.00000225. The van der Waals surface area contributed by atoms with E-state index in [1.807, 2.05) is 67.3 Å². The molecule has 2 heterocycles. The number of aryl methyl sites for hydroxylation is 2. The molecule has 1 aromatic carbocycles. The van der Waals surface area contributed by atoms with Gasteiger partial charge >= 0.3 is 5.97 Å². The van der Waals surface area contributed by atoms with E-state index >= 15 is 0 Å². The molecule has 0 radical (unpaired) electrons. The number of rotatable bonds is 4. The molecule has 130 valence electrons. The normalized spacial score (nSPS) is 10.2. The second kappa shape index (κ2) is 8.19. The summed E-state index contributed by atoms with van der Waals surface area (Å²) >= 11 is 0. The molecular formula is C18H19IN4O2. The first kappa shape index (κ1) is 19.0. The standard InChI is InChI=1S/C18H19N4O2.HI/c1-4-24-18(23)16-17(14-9-11-21(3)12-10-14)22(20-19-16)15-7-5-13(2)6-8-15;/h5-12H,4H2,1-3H3;1H/q+1;/p-1. The first-order chi connectivity index (χ1) is 11.6. The van der Waals surface area contributed by atoms with Crippen LogP contribution < -0.4 is 28.5 Å². The molecule has 0 aliphatic heterocycles. The van der Waals surface area contributed by atoms with Crippen molar-refractivity contribution in [2.24, 2.45) is 7.05 Å². The number of benzene rings is 1. The van der Waals surface area contributed by atoms with E-state index in [2.05, 4.69) is 10.3 Å². The van der Waals surface area contributed by atoms with Gasteiger partial charge in [0.25, 0.3) is 0 Å². The Kier molecular flexibility index (Phi) is 6.24. The highest BCUT2D eigenvalue weighted by Gasteiger charge is 2.23. The summed E-state index contributed by atoms with van der Waals surface area (Å²) in [6.45, 7) is 4.08. The number of carbonyl (C=O) groups is 1. The monoisotopic (exact) mass is 450 g/mol. The molecule has 0 N–H and O–H groups in total. The van der Waals surface area contributed by atoms with Crippen LogP contribution in [0.2, 0.25) is 0 Å². The van der Waals surface area contributed by atoms with E-state index in [9.17, 15) is 4.79 Å². The van der Waals surface area contributed by atoms with Crippen LogP contribution in [0.15, 0.2) is 48.8 Å². The van der Waals surface area contributed by atoms with Gasteiger partial charge in [-0.1, -0.05) is 22.9 Å². The van der Waals surface area contributed by atoms with Gasteiger partial charge in [0.2, 0.25) is 0 Å². The number of hydrogen-bond donors (Lipinski definition) is 0. The fraction of sp³-hybridized carbons (Fsp3) is 0.222. The predicted octanol–water partition coefficient (Wildman–Crippen LogP) is -0.752. The van der Waals surface area contributed by atoms with E-state index in [1.165, 1.54) is 0 Å². The van der Waals surface area contributed by atoms with Crippen LogP contribution in [0.4, 0.5) is 0 Å². The third-order valence-electron chi connectivity index (χ3n) is 3.67. The van der Waals surface area contributed by atoms with Crippen LogP contribution in [0, 0.1) is 6.92 Å². The van der Waals surface area contributed by atoms with E-state index in [-0.39, 0.29) is 29.7 Å². The molecule has 0 fully saturated rings. The molecule has 2 aromatic heterocycles. The lowest BCUT2D eigenvalue weighted by Gasteiger charge is -2.08. The van der Waals surface area contributed by atoms with Crippen LogP contribution in [0.1, 0.15) is 23.0 Å². The zero-order valence-corrected chi connectivity index (χ0v) is 16.5. The van der Waals surface area contributed by atoms with Crippen molar-refractivity contribution in [3.8, 4) is 16.9 Å². The second-order valence-electron chi connectivity index (χ2n) is 5.51. The average Bonchev–Trinajstić information content (AvgIpc) is 3.01. The van der Waals surface area contributed by atoms with Crippen molar-refractivity contribution in [2.75, 3.05) is 6.61 Å². The predicted molar refractivity (Wildman–Crippen MR) is 88.7 cm³/mol. The number of aromatic nitrogens is 4. The Morgan fingerprint density at radius 1 is 1.16 bits per heavy atom. The van der Waals surface area contributed by atoms with Crippen LogP contribution in [0.25, 0.3) is 16.9 Å². The topological polar surface area (TPSA) is 60.9 Å². The van der Waals surface area contributed by atoms with E-state index in [0.29, 0.717) is 12.3 Å². The van der Waals surface area contributed by atoms with Gasteiger partial charge in [0.15, 0.2) is 18.1 Å². The summed E-state index contributed by atoms with van der Waals surface area (Å²) in [4.78, 5) is 12.3. The lowest BCUT2D eigenvalue weighted by Crippen LogP contribution is -3.00. The van der Waals surface area contributed by atoms with Gasteiger partial charge in [-0.25, -0.2) is 14.0 Å². The Morgan fingerprint density at radius 3 is 2.40 bits per heavy atom. The number of pyridine rings is 1. The van der Waals surface area contributed by atoms with Gasteiger partial charge < -0.3 is 28.7 Å². The quantitative estimate of drug-likeness (QED) is 0.298. The molecule has 7 heteroatoms. The van der Waals surface area contributed by atoms with Crippen molar-refractivity contribution in [3.63, 3.8) is 0 Å². The van der Waals surface area contributed by atoms with Gasteiger partial charge in [-0.15, -0.1) is 5.10 Å². The van der Waals surface area contributed by atoms with Gasteiger partial charge in [0.05, 0.1) is 12.3 Å². The fourth-order valence-corrected chi connectivity index (χ4v) is 2.40. The molecule has 0 aliphatic carbocycles. The SMILES string of the molecule is CCOC(=O)c1nnn(-c2ccc(C)cc2)c1-c1cc[n+](C)cc1.[I-]. The molecule has 0 amide bonds. The number of hydrogen-bond acceptors (Lipinski definition) is 4. The minimum atomic E-state index is -0.473. The van der Waals surface area contributed by atoms with Crippen molar-refractivity contribution in [2.45, 2.75) is 13.8 Å². The molecule has 3 aromatic rings. The molecule has 0 atom stereocenters. The highest BCUT2D eigenvalue weighted by atomic mass is 127. The van der Waals surface area contributed by atoms with Crippen molar-refractivity contribution in [1.82, 2.24) is 15.0 Å².